The molecule has 0 saturated heterocycles. The van der Waals surface area contributed by atoms with E-state index in [2.05, 4.69) is 27.7 Å². The fourth-order valence-corrected chi connectivity index (χ4v) is 5.14. The summed E-state index contributed by atoms with van der Waals surface area (Å²) in [7, 11) is -4.12. The number of ether oxygens (including phenoxy) is 1. The second-order valence-corrected chi connectivity index (χ2v) is 11.1. The lowest BCUT2D eigenvalue weighted by Crippen LogP contribution is -2.40. The van der Waals surface area contributed by atoms with Gasteiger partial charge in [-0.15, -0.1) is 0 Å². The third-order valence-corrected chi connectivity index (χ3v) is 7.31. The Balaban J connectivity index is 1.94. The zero-order valence-corrected chi connectivity index (χ0v) is 21.1. The van der Waals surface area contributed by atoms with Gasteiger partial charge in [0.15, 0.2) is 6.61 Å². The first-order valence-corrected chi connectivity index (χ1v) is 13.0. The van der Waals surface area contributed by atoms with Crippen LogP contribution in [0.2, 0.25) is 0 Å². The van der Waals surface area contributed by atoms with Gasteiger partial charge in [-0.1, -0.05) is 82.6 Å². The fraction of sp³-hybridized carbons (Fsp3) is 0.321. The highest BCUT2D eigenvalue weighted by Gasteiger charge is 2.31. The normalized spacial score (nSPS) is 11.8. The number of amides is 1. The molecule has 0 fully saturated rings. The SMILES string of the molecule is CCCCc1ccc(N(C(=O)COc2ccccc2C(C)(C)C)S(=O)(=O)c2ccccc2)cc1. The minimum absolute atomic E-state index is 0.0495. The Kier molecular flexibility index (Phi) is 8.15. The number of hydrogen-bond donors (Lipinski definition) is 0. The summed E-state index contributed by atoms with van der Waals surface area (Å²) in [5, 5.41) is 0. The molecule has 180 valence electrons. The average molecular weight is 480 g/mol. The Bertz CT molecular complexity index is 1200. The molecule has 3 aromatic carbocycles. The van der Waals surface area contributed by atoms with E-state index in [0.29, 0.717) is 11.4 Å². The molecule has 3 rings (SSSR count). The number of sulfonamides is 1. The van der Waals surface area contributed by atoms with Crippen molar-refractivity contribution in [1.29, 1.82) is 0 Å². The molecule has 0 aromatic heterocycles. The molecule has 0 unspecified atom stereocenters. The molecule has 0 N–H and O–H groups in total. The molecular formula is C28H33NO4S. The molecule has 0 atom stereocenters. The second-order valence-electron chi connectivity index (χ2n) is 9.28. The number of hydrogen-bond acceptors (Lipinski definition) is 4. The van der Waals surface area contributed by atoms with Crippen LogP contribution in [-0.4, -0.2) is 20.9 Å². The van der Waals surface area contributed by atoms with E-state index in [0.717, 1.165) is 34.7 Å². The van der Waals surface area contributed by atoms with Crippen molar-refractivity contribution in [3.05, 3.63) is 90.0 Å². The predicted molar refractivity (Wildman–Crippen MR) is 137 cm³/mol. The molecule has 6 heteroatoms. The number of carbonyl (C=O) groups is 1. The van der Waals surface area contributed by atoms with Crippen LogP contribution in [0.4, 0.5) is 5.69 Å². The quantitative estimate of drug-likeness (QED) is 0.370. The number of rotatable bonds is 9. The number of nitrogens with zero attached hydrogens (tertiary/aromatic N) is 1. The molecule has 0 spiro atoms. The number of anilines is 1. The number of aryl methyl sites for hydroxylation is 1. The molecule has 34 heavy (non-hydrogen) atoms. The number of unbranched alkanes of at least 4 members (excludes halogenated alkanes) is 1. The molecule has 0 bridgehead atoms. The van der Waals surface area contributed by atoms with Gasteiger partial charge in [0.05, 0.1) is 10.6 Å². The molecule has 0 heterocycles. The standard InChI is InChI=1S/C28H33NO4S/c1-5-6-12-22-17-19-23(20-18-22)29(34(31,32)24-13-8-7-9-14-24)27(30)21-33-26-16-11-10-15-25(26)28(2,3)4/h7-11,13-20H,5-6,12,21H2,1-4H3. The van der Waals surface area contributed by atoms with E-state index in [1.807, 2.05) is 30.3 Å². The van der Waals surface area contributed by atoms with Crippen molar-refractivity contribution < 1.29 is 17.9 Å². The largest absolute Gasteiger partial charge is 0.483 e. The van der Waals surface area contributed by atoms with Gasteiger partial charge in [0.25, 0.3) is 15.9 Å². The van der Waals surface area contributed by atoms with Gasteiger partial charge in [-0.05, 0) is 59.7 Å². The second kappa shape index (κ2) is 10.9. The molecule has 0 aliphatic carbocycles. The summed E-state index contributed by atoms with van der Waals surface area (Å²) in [5.41, 5.74) is 2.15. The van der Waals surface area contributed by atoms with Crippen molar-refractivity contribution in [2.75, 3.05) is 10.9 Å². The Morgan fingerprint density at radius 3 is 2.12 bits per heavy atom. The smallest absolute Gasteiger partial charge is 0.278 e. The van der Waals surface area contributed by atoms with Crippen LogP contribution in [0.25, 0.3) is 0 Å². The van der Waals surface area contributed by atoms with E-state index in [1.54, 1.807) is 36.4 Å². The third kappa shape index (κ3) is 6.06. The summed E-state index contributed by atoms with van der Waals surface area (Å²) < 4.78 is 33.8. The van der Waals surface area contributed by atoms with Crippen molar-refractivity contribution in [2.24, 2.45) is 0 Å². The summed E-state index contributed by atoms with van der Waals surface area (Å²) in [6, 6.07) is 22.6. The van der Waals surface area contributed by atoms with E-state index in [-0.39, 0.29) is 10.3 Å². The van der Waals surface area contributed by atoms with Gasteiger partial charge < -0.3 is 4.74 Å². The van der Waals surface area contributed by atoms with E-state index >= 15 is 0 Å². The van der Waals surface area contributed by atoms with Crippen molar-refractivity contribution in [3.8, 4) is 5.75 Å². The van der Waals surface area contributed by atoms with Crippen molar-refractivity contribution in [2.45, 2.75) is 57.3 Å². The van der Waals surface area contributed by atoms with Gasteiger partial charge in [-0.3, -0.25) is 4.79 Å². The third-order valence-electron chi connectivity index (χ3n) is 5.54. The molecule has 0 radical (unpaired) electrons. The summed E-state index contributed by atoms with van der Waals surface area (Å²) in [5.74, 6) is -0.0933. The lowest BCUT2D eigenvalue weighted by molar-refractivity contribution is -0.119. The zero-order valence-electron chi connectivity index (χ0n) is 20.3. The van der Waals surface area contributed by atoms with E-state index in [4.69, 9.17) is 4.74 Å². The van der Waals surface area contributed by atoms with Gasteiger partial charge in [-0.2, -0.15) is 4.31 Å². The van der Waals surface area contributed by atoms with Crippen LogP contribution in [0.5, 0.6) is 5.75 Å². The van der Waals surface area contributed by atoms with Crippen molar-refractivity contribution in [1.82, 2.24) is 0 Å². The van der Waals surface area contributed by atoms with Crippen LogP contribution in [0.1, 0.15) is 51.7 Å². The summed E-state index contributed by atoms with van der Waals surface area (Å²) in [4.78, 5) is 13.4. The van der Waals surface area contributed by atoms with Crippen LogP contribution < -0.4 is 9.04 Å². The molecule has 0 aliphatic rings. The number of benzene rings is 3. The predicted octanol–water partition coefficient (Wildman–Crippen LogP) is 6.13. The monoisotopic (exact) mass is 479 g/mol. The Morgan fingerprint density at radius 2 is 1.50 bits per heavy atom. The number of para-hydroxylation sites is 1. The van der Waals surface area contributed by atoms with E-state index in [1.165, 1.54) is 12.1 Å². The summed E-state index contributed by atoms with van der Waals surface area (Å²) in [6.45, 7) is 7.89. The van der Waals surface area contributed by atoms with Gasteiger partial charge in [-0.25, -0.2) is 8.42 Å². The number of carbonyl (C=O) groups excluding carboxylic acids is 1. The van der Waals surface area contributed by atoms with E-state index in [9.17, 15) is 13.2 Å². The van der Waals surface area contributed by atoms with Crippen LogP contribution >= 0.6 is 0 Å². The minimum atomic E-state index is -4.12. The minimum Gasteiger partial charge on any atom is -0.483 e. The Labute approximate surface area is 203 Å². The average Bonchev–Trinajstić information content (AvgIpc) is 2.82. The highest BCUT2D eigenvalue weighted by Crippen LogP contribution is 2.31. The molecule has 1 amide bonds. The highest BCUT2D eigenvalue weighted by atomic mass is 32.2. The fourth-order valence-electron chi connectivity index (χ4n) is 3.70. The van der Waals surface area contributed by atoms with Crippen molar-refractivity contribution >= 4 is 21.6 Å². The topological polar surface area (TPSA) is 63.7 Å². The Hall–Kier alpha value is -3.12. The lowest BCUT2D eigenvalue weighted by Gasteiger charge is -2.25. The van der Waals surface area contributed by atoms with Crippen LogP contribution in [0, 0.1) is 0 Å². The van der Waals surface area contributed by atoms with Crippen LogP contribution in [-0.2, 0) is 26.7 Å². The van der Waals surface area contributed by atoms with Gasteiger partial charge in [0, 0.05) is 0 Å². The molecule has 5 nitrogen and oxygen atoms in total. The van der Waals surface area contributed by atoms with Crippen LogP contribution in [0.3, 0.4) is 0 Å². The highest BCUT2D eigenvalue weighted by molar-refractivity contribution is 7.93. The molecule has 0 saturated carbocycles. The molecule has 0 aliphatic heterocycles. The van der Waals surface area contributed by atoms with Gasteiger partial charge in [0.2, 0.25) is 0 Å². The summed E-state index contributed by atoms with van der Waals surface area (Å²) >= 11 is 0. The zero-order chi connectivity index (χ0) is 24.8. The summed E-state index contributed by atoms with van der Waals surface area (Å²) in [6.07, 6.45) is 3.02. The molecule has 3 aromatic rings. The first-order chi connectivity index (χ1) is 16.1. The first-order valence-electron chi connectivity index (χ1n) is 11.6. The van der Waals surface area contributed by atoms with Gasteiger partial charge in [0.1, 0.15) is 5.75 Å². The first kappa shape index (κ1) is 25.5. The van der Waals surface area contributed by atoms with Crippen LogP contribution in [0.15, 0.2) is 83.8 Å². The van der Waals surface area contributed by atoms with Crippen molar-refractivity contribution in [3.63, 3.8) is 0 Å². The lowest BCUT2D eigenvalue weighted by atomic mass is 9.86. The maximum absolute atomic E-state index is 13.5. The van der Waals surface area contributed by atoms with E-state index < -0.39 is 22.5 Å². The maximum Gasteiger partial charge on any atom is 0.278 e. The maximum atomic E-state index is 13.5. The Morgan fingerprint density at radius 1 is 0.882 bits per heavy atom. The molecular weight excluding hydrogens is 446 g/mol. The van der Waals surface area contributed by atoms with Gasteiger partial charge >= 0.3 is 0 Å².